The first kappa shape index (κ1) is 24.0. The summed E-state index contributed by atoms with van der Waals surface area (Å²) in [4.78, 5) is 17.1. The first-order chi connectivity index (χ1) is 16.8. The zero-order chi connectivity index (χ0) is 25.2. The lowest BCUT2D eigenvalue weighted by Crippen LogP contribution is -2.19. The molecule has 35 heavy (non-hydrogen) atoms. The van der Waals surface area contributed by atoms with Gasteiger partial charge in [-0.3, -0.25) is 4.72 Å². The molecule has 0 amide bonds. The van der Waals surface area contributed by atoms with E-state index in [1.54, 1.807) is 19.1 Å². The summed E-state index contributed by atoms with van der Waals surface area (Å²) in [6, 6.07) is 13.7. The van der Waals surface area contributed by atoms with Crippen molar-refractivity contribution < 1.29 is 27.4 Å². The summed E-state index contributed by atoms with van der Waals surface area (Å²) >= 11 is 0. The average Bonchev–Trinajstić information content (AvgIpc) is 3.26. The van der Waals surface area contributed by atoms with E-state index in [-0.39, 0.29) is 28.6 Å². The van der Waals surface area contributed by atoms with E-state index in [9.17, 15) is 13.2 Å². The van der Waals surface area contributed by atoms with Crippen molar-refractivity contribution in [3.8, 4) is 17.3 Å². The van der Waals surface area contributed by atoms with Crippen LogP contribution in [0.3, 0.4) is 0 Å². The second-order valence-electron chi connectivity index (χ2n) is 7.48. The number of sulfonamides is 1. The predicted octanol–water partition coefficient (Wildman–Crippen LogP) is 3.72. The van der Waals surface area contributed by atoms with Crippen LogP contribution in [0.1, 0.15) is 22.8 Å². The number of benzene rings is 2. The van der Waals surface area contributed by atoms with E-state index < -0.39 is 16.0 Å². The summed E-state index contributed by atoms with van der Waals surface area (Å²) in [6.07, 6.45) is 1.24. The fourth-order valence-corrected chi connectivity index (χ4v) is 4.84. The number of ether oxygens (including phenoxy) is 3. The van der Waals surface area contributed by atoms with Crippen molar-refractivity contribution in [3.05, 3.63) is 65.9 Å². The number of nitrogens with zero attached hydrogens (tertiary/aromatic N) is 3. The first-order valence-corrected chi connectivity index (χ1v) is 12.1. The highest BCUT2D eigenvalue weighted by Crippen LogP contribution is 2.32. The van der Waals surface area contributed by atoms with Gasteiger partial charge < -0.3 is 14.2 Å². The van der Waals surface area contributed by atoms with Crippen molar-refractivity contribution in [3.63, 3.8) is 0 Å². The highest BCUT2D eigenvalue weighted by Gasteiger charge is 2.28. The molecule has 0 saturated carbocycles. The molecule has 0 spiro atoms. The third kappa shape index (κ3) is 4.62. The molecule has 0 saturated heterocycles. The number of carbonyl (C=O) groups is 1. The molecule has 0 atom stereocenters. The molecule has 2 aromatic carbocycles. The maximum absolute atomic E-state index is 13.5. The third-order valence-electron chi connectivity index (χ3n) is 5.28. The Morgan fingerprint density at radius 3 is 2.57 bits per heavy atom. The molecule has 11 heteroatoms. The second kappa shape index (κ2) is 9.63. The number of fused-ring (bicyclic) bond motifs is 1. The Bertz CT molecular complexity index is 1510. The number of pyridine rings is 1. The average molecular weight is 497 g/mol. The van der Waals surface area contributed by atoms with Crippen molar-refractivity contribution in [1.29, 1.82) is 0 Å². The minimum atomic E-state index is -4.26. The summed E-state index contributed by atoms with van der Waals surface area (Å²) in [5.41, 5.74) is 1.53. The minimum Gasteiger partial charge on any atom is -0.497 e. The molecule has 0 aliphatic rings. The predicted molar refractivity (Wildman–Crippen MR) is 130 cm³/mol. The smallest absolute Gasteiger partial charge is 0.343 e. The number of methoxy groups -OCH3 is 2. The van der Waals surface area contributed by atoms with Crippen LogP contribution >= 0.6 is 0 Å². The fraction of sp³-hybridized carbons (Fsp3) is 0.208. The molecule has 2 aromatic heterocycles. The summed E-state index contributed by atoms with van der Waals surface area (Å²) in [5, 5.41) is 5.20. The molecule has 0 aliphatic heterocycles. The van der Waals surface area contributed by atoms with Crippen LogP contribution in [0, 0.1) is 6.92 Å². The number of hydrogen-bond acceptors (Lipinski definition) is 8. The zero-order valence-corrected chi connectivity index (χ0v) is 20.4. The lowest BCUT2D eigenvalue weighted by molar-refractivity contribution is 0.0527. The van der Waals surface area contributed by atoms with Gasteiger partial charge in [-0.2, -0.15) is 9.78 Å². The highest BCUT2D eigenvalue weighted by atomic mass is 32.2. The lowest BCUT2D eigenvalue weighted by Gasteiger charge is -2.15. The Balaban J connectivity index is 1.89. The molecule has 0 fully saturated rings. The van der Waals surface area contributed by atoms with E-state index in [4.69, 9.17) is 14.2 Å². The Labute approximate surface area is 202 Å². The van der Waals surface area contributed by atoms with Gasteiger partial charge in [0, 0.05) is 11.5 Å². The molecule has 0 aliphatic carbocycles. The van der Waals surface area contributed by atoms with Gasteiger partial charge in [0.15, 0.2) is 11.6 Å². The van der Waals surface area contributed by atoms with E-state index in [0.717, 1.165) is 10.9 Å². The van der Waals surface area contributed by atoms with Gasteiger partial charge in [0.2, 0.25) is 0 Å². The lowest BCUT2D eigenvalue weighted by atomic mass is 10.1. The molecule has 2 heterocycles. The number of rotatable bonds is 8. The molecule has 4 aromatic rings. The number of anilines is 1. The normalized spacial score (nSPS) is 11.3. The van der Waals surface area contributed by atoms with Crippen molar-refractivity contribution in [2.45, 2.75) is 18.7 Å². The molecule has 1 N–H and O–H groups in total. The summed E-state index contributed by atoms with van der Waals surface area (Å²) in [7, 11) is -1.48. The van der Waals surface area contributed by atoms with Gasteiger partial charge in [-0.25, -0.2) is 18.2 Å². The Kier molecular flexibility index (Phi) is 6.61. The highest BCUT2D eigenvalue weighted by molar-refractivity contribution is 7.92. The van der Waals surface area contributed by atoms with Crippen LogP contribution < -0.4 is 14.2 Å². The quantitative estimate of drug-likeness (QED) is 0.366. The van der Waals surface area contributed by atoms with Crippen LogP contribution in [0.5, 0.6) is 11.5 Å². The molecule has 0 unspecified atom stereocenters. The van der Waals surface area contributed by atoms with Crippen LogP contribution in [0.25, 0.3) is 16.7 Å². The monoisotopic (exact) mass is 496 g/mol. The molecule has 182 valence electrons. The number of carbonyl (C=O) groups excluding carboxylic acids is 1. The van der Waals surface area contributed by atoms with Crippen LogP contribution in [-0.2, 0) is 14.8 Å². The van der Waals surface area contributed by atoms with Gasteiger partial charge in [0.1, 0.15) is 22.0 Å². The van der Waals surface area contributed by atoms with Crippen LogP contribution in [-0.4, -0.2) is 50.0 Å². The summed E-state index contributed by atoms with van der Waals surface area (Å²) in [6.45, 7) is 3.67. The van der Waals surface area contributed by atoms with Gasteiger partial charge in [0.05, 0.1) is 32.5 Å². The zero-order valence-electron chi connectivity index (χ0n) is 19.6. The number of aromatic nitrogens is 3. The van der Waals surface area contributed by atoms with Crippen LogP contribution in [0.2, 0.25) is 0 Å². The minimum absolute atomic E-state index is 0.0649. The van der Waals surface area contributed by atoms with Crippen molar-refractivity contribution in [2.75, 3.05) is 25.5 Å². The molecular formula is C24H24N4O6S. The molecule has 10 nitrogen and oxygen atoms in total. The largest absolute Gasteiger partial charge is 0.497 e. The van der Waals surface area contributed by atoms with Crippen molar-refractivity contribution in [2.24, 2.45) is 0 Å². The standard InChI is InChI=1S/C24H24N4O6S/c1-5-34-24(29)18-14-25-28(22-12-15(2)17-8-6-7-9-19(17)26-22)23(18)27-35(30,31)21-13-16(32-3)10-11-20(21)33-4/h6-14,27H,5H2,1-4H3. The number of esters is 1. The molecule has 0 bridgehead atoms. The summed E-state index contributed by atoms with van der Waals surface area (Å²) in [5.74, 6) is -0.104. The van der Waals surface area contributed by atoms with Crippen molar-refractivity contribution >= 4 is 32.7 Å². The van der Waals surface area contributed by atoms with E-state index >= 15 is 0 Å². The molecule has 4 rings (SSSR count). The Morgan fingerprint density at radius 2 is 1.86 bits per heavy atom. The number of aryl methyl sites for hydroxylation is 1. The van der Waals surface area contributed by atoms with Gasteiger partial charge in [0.25, 0.3) is 10.0 Å². The maximum Gasteiger partial charge on any atom is 0.343 e. The van der Waals surface area contributed by atoms with Gasteiger partial charge >= 0.3 is 5.97 Å². The van der Waals surface area contributed by atoms with Crippen molar-refractivity contribution in [1.82, 2.24) is 14.8 Å². The number of para-hydroxylation sites is 1. The molecule has 0 radical (unpaired) electrons. The third-order valence-corrected chi connectivity index (χ3v) is 6.64. The Hall–Kier alpha value is -4.12. The number of hydrogen-bond donors (Lipinski definition) is 1. The SMILES string of the molecule is CCOC(=O)c1cnn(-c2cc(C)c3ccccc3n2)c1NS(=O)(=O)c1cc(OC)ccc1OC. The topological polar surface area (TPSA) is 122 Å². The molecular weight excluding hydrogens is 472 g/mol. The fourth-order valence-electron chi connectivity index (χ4n) is 3.60. The van der Waals surface area contributed by atoms with Gasteiger partial charge in [-0.1, -0.05) is 18.2 Å². The van der Waals surface area contributed by atoms with Crippen LogP contribution in [0.15, 0.2) is 59.6 Å². The van der Waals surface area contributed by atoms with E-state index in [1.807, 2.05) is 31.2 Å². The maximum atomic E-state index is 13.5. The van der Waals surface area contributed by atoms with Gasteiger partial charge in [-0.15, -0.1) is 0 Å². The van der Waals surface area contributed by atoms with Gasteiger partial charge in [-0.05, 0) is 43.7 Å². The Morgan fingerprint density at radius 1 is 1.09 bits per heavy atom. The summed E-state index contributed by atoms with van der Waals surface area (Å²) < 4.78 is 46.2. The van der Waals surface area contributed by atoms with E-state index in [1.165, 1.54) is 37.2 Å². The number of nitrogens with one attached hydrogen (secondary N) is 1. The second-order valence-corrected chi connectivity index (χ2v) is 9.13. The first-order valence-electron chi connectivity index (χ1n) is 10.7. The van der Waals surface area contributed by atoms with E-state index in [0.29, 0.717) is 17.1 Å². The van der Waals surface area contributed by atoms with Crippen LogP contribution in [0.4, 0.5) is 5.82 Å². The van der Waals surface area contributed by atoms with E-state index in [2.05, 4.69) is 14.8 Å².